The number of halogens is 1. The molecule has 0 saturated carbocycles. The van der Waals surface area contributed by atoms with Crippen molar-refractivity contribution in [2.24, 2.45) is 7.05 Å². The molecule has 0 saturated heterocycles. The van der Waals surface area contributed by atoms with E-state index in [0.29, 0.717) is 10.6 Å². The predicted octanol–water partition coefficient (Wildman–Crippen LogP) is 7.29. The Bertz CT molecular complexity index is 1800. The molecule has 0 aliphatic rings. The van der Waals surface area contributed by atoms with Crippen LogP contribution in [0, 0.1) is 6.92 Å². The topological polar surface area (TPSA) is 94.3 Å². The van der Waals surface area contributed by atoms with E-state index < -0.39 is 17.7 Å². The number of hydrogen-bond donors (Lipinski definition) is 1. The maximum Gasteiger partial charge on any atom is 0.347 e. The average Bonchev–Trinajstić information content (AvgIpc) is 3.32. The van der Waals surface area contributed by atoms with E-state index in [1.165, 1.54) is 15.9 Å². The first-order valence-corrected chi connectivity index (χ1v) is 13.8. The predicted molar refractivity (Wildman–Crippen MR) is 160 cm³/mol. The van der Waals surface area contributed by atoms with E-state index in [4.69, 9.17) is 21.3 Å². The third kappa shape index (κ3) is 5.56. The minimum atomic E-state index is -1.18. The van der Waals surface area contributed by atoms with Gasteiger partial charge in [0, 0.05) is 46.7 Å². The van der Waals surface area contributed by atoms with E-state index in [2.05, 4.69) is 4.98 Å². The van der Waals surface area contributed by atoms with Gasteiger partial charge in [0.2, 0.25) is 0 Å². The van der Waals surface area contributed by atoms with Crippen LogP contribution in [-0.4, -0.2) is 31.2 Å². The molecule has 5 aromatic rings. The maximum atomic E-state index is 12.6. The van der Waals surface area contributed by atoms with E-state index in [1.807, 2.05) is 70.2 Å². The third-order valence-corrected chi connectivity index (χ3v) is 7.80. The fraction of sp³-hybridized carbons (Fsp3) is 0.226. The number of carboxylic acids is 1. The molecule has 2 heterocycles. The van der Waals surface area contributed by atoms with Crippen LogP contribution in [0.15, 0.2) is 71.8 Å². The highest BCUT2D eigenvalue weighted by molar-refractivity contribution is 7.22. The Balaban J connectivity index is 1.73. The van der Waals surface area contributed by atoms with Gasteiger partial charge in [0.05, 0.1) is 15.8 Å². The number of carbonyl (C=O) groups is 1. The van der Waals surface area contributed by atoms with Gasteiger partial charge in [-0.3, -0.25) is 0 Å². The molecule has 0 amide bonds. The molecular formula is C31H28ClN3O4S. The van der Waals surface area contributed by atoms with Crippen LogP contribution in [0.2, 0.25) is 5.02 Å². The van der Waals surface area contributed by atoms with Crippen molar-refractivity contribution in [3.63, 3.8) is 0 Å². The Labute approximate surface area is 240 Å². The van der Waals surface area contributed by atoms with Crippen LogP contribution in [0.3, 0.4) is 0 Å². The first-order valence-electron chi connectivity index (χ1n) is 12.7. The molecule has 3 aromatic carbocycles. The van der Waals surface area contributed by atoms with Gasteiger partial charge >= 0.3 is 11.7 Å². The van der Waals surface area contributed by atoms with E-state index in [-0.39, 0.29) is 5.69 Å². The second kappa shape index (κ2) is 10.6. The molecule has 1 atom stereocenters. The number of rotatable bonds is 6. The lowest BCUT2D eigenvalue weighted by molar-refractivity contribution is -0.160. The van der Waals surface area contributed by atoms with Crippen LogP contribution in [0.1, 0.15) is 38.0 Å². The first kappa shape index (κ1) is 27.7. The molecule has 0 aliphatic heterocycles. The van der Waals surface area contributed by atoms with Crippen LogP contribution in [0.4, 0.5) is 0 Å². The van der Waals surface area contributed by atoms with Crippen LogP contribution in [0.5, 0.6) is 0 Å². The number of aliphatic carboxylic acids is 1. The number of hydrogen-bond acceptors (Lipinski definition) is 6. The van der Waals surface area contributed by atoms with E-state index in [0.717, 1.165) is 48.6 Å². The molecule has 0 aliphatic carbocycles. The summed E-state index contributed by atoms with van der Waals surface area (Å²) in [4.78, 5) is 33.2. The molecule has 204 valence electrons. The zero-order valence-corrected chi connectivity index (χ0v) is 24.3. The molecule has 2 aromatic heterocycles. The molecule has 0 radical (unpaired) electrons. The molecule has 40 heavy (non-hydrogen) atoms. The summed E-state index contributed by atoms with van der Waals surface area (Å²) in [5.41, 5.74) is 5.34. The molecule has 0 fully saturated rings. The average molecular weight is 574 g/mol. The van der Waals surface area contributed by atoms with Crippen LogP contribution in [0.25, 0.3) is 43.0 Å². The van der Waals surface area contributed by atoms with Crippen LogP contribution >= 0.6 is 22.9 Å². The minimum Gasteiger partial charge on any atom is -0.479 e. The van der Waals surface area contributed by atoms with Crippen molar-refractivity contribution in [1.29, 1.82) is 0 Å². The molecule has 1 N–H and O–H groups in total. The highest BCUT2D eigenvalue weighted by atomic mass is 35.5. The minimum absolute atomic E-state index is 0.318. The fourth-order valence-electron chi connectivity index (χ4n) is 4.66. The third-order valence-electron chi connectivity index (χ3n) is 6.41. The van der Waals surface area contributed by atoms with Gasteiger partial charge in [0.1, 0.15) is 5.01 Å². The lowest BCUT2D eigenvalue weighted by Crippen LogP contribution is -2.28. The van der Waals surface area contributed by atoms with Crippen molar-refractivity contribution in [2.45, 2.75) is 39.4 Å². The Morgan fingerprint density at radius 2 is 1.75 bits per heavy atom. The SMILES string of the molecule is Cc1cc2nc(-c3cccc(-c4cnc(=O)n(C)c4)c3)sc2c(-c2ccc(Cl)cc2)c1C(OC(C)(C)C)C(=O)O. The van der Waals surface area contributed by atoms with Crippen LogP contribution < -0.4 is 5.69 Å². The summed E-state index contributed by atoms with van der Waals surface area (Å²) in [6.07, 6.45) is 2.14. The lowest BCUT2D eigenvalue weighted by atomic mass is 9.91. The molecule has 0 spiro atoms. The Hall–Kier alpha value is -3.85. The summed E-state index contributed by atoms with van der Waals surface area (Å²) in [5, 5.41) is 11.6. The summed E-state index contributed by atoms with van der Waals surface area (Å²) in [6.45, 7) is 7.42. The summed E-state index contributed by atoms with van der Waals surface area (Å²) < 4.78 is 8.41. The second-order valence-corrected chi connectivity index (χ2v) is 12.1. The zero-order valence-electron chi connectivity index (χ0n) is 22.7. The number of nitrogens with zero attached hydrogens (tertiary/aromatic N) is 3. The quantitative estimate of drug-likeness (QED) is 0.229. The summed E-state index contributed by atoms with van der Waals surface area (Å²) in [7, 11) is 1.67. The Morgan fingerprint density at radius 3 is 2.40 bits per heavy atom. The van der Waals surface area contributed by atoms with E-state index in [9.17, 15) is 14.7 Å². The van der Waals surface area contributed by atoms with Crippen molar-refractivity contribution in [1.82, 2.24) is 14.5 Å². The Kier molecular flexibility index (Phi) is 7.35. The van der Waals surface area contributed by atoms with Gasteiger partial charge in [-0.1, -0.05) is 41.9 Å². The standard InChI is InChI=1S/C31H28ClN3O4S/c1-17-13-23-27(25(18-9-11-22(32)12-10-18)24(17)26(29(36)37)39-31(2,3)4)40-28(34-23)20-8-6-7-19(14-20)21-15-33-30(38)35(5)16-21/h6-16,26H,1-5H3,(H,36,37). The molecular weight excluding hydrogens is 546 g/mol. The van der Waals surface area contributed by atoms with Crippen molar-refractivity contribution < 1.29 is 14.6 Å². The van der Waals surface area contributed by atoms with Crippen LogP contribution in [-0.2, 0) is 16.6 Å². The summed E-state index contributed by atoms with van der Waals surface area (Å²) in [5.74, 6) is -1.06. The number of aryl methyl sites for hydroxylation is 2. The monoisotopic (exact) mass is 573 g/mol. The van der Waals surface area contributed by atoms with Gasteiger partial charge in [-0.25, -0.2) is 19.6 Å². The highest BCUT2D eigenvalue weighted by Gasteiger charge is 2.32. The van der Waals surface area contributed by atoms with Gasteiger partial charge in [-0.15, -0.1) is 11.3 Å². The normalized spacial score (nSPS) is 12.6. The number of carboxylic acid groups (broad SMARTS) is 1. The molecule has 7 nitrogen and oxygen atoms in total. The largest absolute Gasteiger partial charge is 0.479 e. The number of benzene rings is 3. The van der Waals surface area contributed by atoms with Gasteiger partial charge < -0.3 is 14.4 Å². The number of fused-ring (bicyclic) bond motifs is 1. The summed E-state index contributed by atoms with van der Waals surface area (Å²) in [6, 6.07) is 17.2. The molecule has 1 unspecified atom stereocenters. The van der Waals surface area contributed by atoms with Crippen molar-refractivity contribution in [2.75, 3.05) is 0 Å². The second-order valence-electron chi connectivity index (χ2n) is 10.6. The van der Waals surface area contributed by atoms with Gasteiger partial charge in [0.15, 0.2) is 6.10 Å². The zero-order chi connectivity index (χ0) is 28.8. The molecule has 5 rings (SSSR count). The Morgan fingerprint density at radius 1 is 1.05 bits per heavy atom. The summed E-state index contributed by atoms with van der Waals surface area (Å²) >= 11 is 7.70. The number of ether oxygens (including phenoxy) is 1. The fourth-order valence-corrected chi connectivity index (χ4v) is 5.90. The lowest BCUT2D eigenvalue weighted by Gasteiger charge is -2.28. The van der Waals surface area contributed by atoms with Gasteiger partial charge in [-0.05, 0) is 68.7 Å². The first-order chi connectivity index (χ1) is 18.9. The smallest absolute Gasteiger partial charge is 0.347 e. The van der Waals surface area contributed by atoms with Gasteiger partial charge in [-0.2, -0.15) is 0 Å². The van der Waals surface area contributed by atoms with Crippen molar-refractivity contribution >= 4 is 39.1 Å². The highest BCUT2D eigenvalue weighted by Crippen LogP contribution is 2.44. The van der Waals surface area contributed by atoms with E-state index in [1.54, 1.807) is 31.6 Å². The van der Waals surface area contributed by atoms with Gasteiger partial charge in [0.25, 0.3) is 0 Å². The number of aromatic nitrogens is 3. The molecule has 0 bridgehead atoms. The van der Waals surface area contributed by atoms with Crippen molar-refractivity contribution in [3.05, 3.63) is 93.6 Å². The maximum absolute atomic E-state index is 12.6. The van der Waals surface area contributed by atoms with E-state index >= 15 is 0 Å². The van der Waals surface area contributed by atoms with Crippen molar-refractivity contribution in [3.8, 4) is 32.8 Å². The number of thiazole rings is 1. The molecule has 9 heteroatoms.